The SMILES string of the molecule is Cc1ccc(OCC2CCCO2)c(C#N)c1. The molecule has 0 amide bonds. The van der Waals surface area contributed by atoms with Crippen LogP contribution in [0.15, 0.2) is 18.2 Å². The summed E-state index contributed by atoms with van der Waals surface area (Å²) in [5, 5.41) is 8.97. The second-order valence-corrected chi connectivity index (χ2v) is 4.06. The molecule has 1 aromatic carbocycles. The van der Waals surface area contributed by atoms with Gasteiger partial charge in [-0.1, -0.05) is 6.07 Å². The van der Waals surface area contributed by atoms with Crippen molar-refractivity contribution in [3.63, 3.8) is 0 Å². The van der Waals surface area contributed by atoms with E-state index in [4.69, 9.17) is 14.7 Å². The zero-order valence-electron chi connectivity index (χ0n) is 9.40. The van der Waals surface area contributed by atoms with E-state index in [1.54, 1.807) is 0 Å². The Morgan fingerprint density at radius 1 is 1.56 bits per heavy atom. The smallest absolute Gasteiger partial charge is 0.137 e. The zero-order valence-corrected chi connectivity index (χ0v) is 9.40. The maximum absolute atomic E-state index is 8.97. The molecule has 2 rings (SSSR count). The molecule has 1 saturated heterocycles. The molecule has 1 fully saturated rings. The van der Waals surface area contributed by atoms with Crippen molar-refractivity contribution in [3.05, 3.63) is 29.3 Å². The van der Waals surface area contributed by atoms with Crippen LogP contribution in [0.4, 0.5) is 0 Å². The molecule has 0 spiro atoms. The number of rotatable bonds is 3. The minimum atomic E-state index is 0.188. The molecule has 1 aliphatic heterocycles. The van der Waals surface area contributed by atoms with Crippen molar-refractivity contribution in [2.75, 3.05) is 13.2 Å². The van der Waals surface area contributed by atoms with Gasteiger partial charge in [0, 0.05) is 6.61 Å². The van der Waals surface area contributed by atoms with Crippen LogP contribution in [-0.2, 0) is 4.74 Å². The quantitative estimate of drug-likeness (QED) is 0.780. The lowest BCUT2D eigenvalue weighted by Crippen LogP contribution is -2.16. The highest BCUT2D eigenvalue weighted by Gasteiger charge is 2.16. The first-order chi connectivity index (χ1) is 7.79. The van der Waals surface area contributed by atoms with Gasteiger partial charge in [-0.25, -0.2) is 0 Å². The predicted molar refractivity (Wildman–Crippen MR) is 60.4 cm³/mol. The minimum absolute atomic E-state index is 0.188. The first-order valence-corrected chi connectivity index (χ1v) is 5.55. The zero-order chi connectivity index (χ0) is 11.4. The molecular formula is C13H15NO2. The molecular weight excluding hydrogens is 202 g/mol. The average molecular weight is 217 g/mol. The van der Waals surface area contributed by atoms with Gasteiger partial charge in [0.05, 0.1) is 11.7 Å². The molecule has 0 N–H and O–H groups in total. The van der Waals surface area contributed by atoms with Gasteiger partial charge in [0.1, 0.15) is 18.4 Å². The average Bonchev–Trinajstić information content (AvgIpc) is 2.80. The lowest BCUT2D eigenvalue weighted by atomic mass is 10.1. The number of hydrogen-bond donors (Lipinski definition) is 0. The fourth-order valence-electron chi connectivity index (χ4n) is 1.82. The molecule has 1 aromatic rings. The van der Waals surface area contributed by atoms with Crippen LogP contribution in [0.2, 0.25) is 0 Å². The Hall–Kier alpha value is -1.53. The Bertz CT molecular complexity index is 403. The molecule has 0 saturated carbocycles. The van der Waals surface area contributed by atoms with Gasteiger partial charge in [0.25, 0.3) is 0 Å². The van der Waals surface area contributed by atoms with Crippen LogP contribution in [-0.4, -0.2) is 19.3 Å². The van der Waals surface area contributed by atoms with Gasteiger partial charge in [0.15, 0.2) is 0 Å². The first kappa shape index (κ1) is 11.0. The van der Waals surface area contributed by atoms with Gasteiger partial charge in [-0.3, -0.25) is 0 Å². The Morgan fingerprint density at radius 3 is 3.12 bits per heavy atom. The van der Waals surface area contributed by atoms with Gasteiger partial charge >= 0.3 is 0 Å². The van der Waals surface area contributed by atoms with Crippen LogP contribution in [0.1, 0.15) is 24.0 Å². The number of nitriles is 1. The van der Waals surface area contributed by atoms with Crippen LogP contribution in [0.3, 0.4) is 0 Å². The molecule has 0 radical (unpaired) electrons. The van der Waals surface area contributed by atoms with Crippen LogP contribution in [0.25, 0.3) is 0 Å². The topological polar surface area (TPSA) is 42.2 Å². The molecule has 16 heavy (non-hydrogen) atoms. The lowest BCUT2D eigenvalue weighted by molar-refractivity contribution is 0.0678. The molecule has 0 aromatic heterocycles. The van der Waals surface area contributed by atoms with E-state index in [0.717, 1.165) is 25.0 Å². The molecule has 1 aliphatic rings. The maximum Gasteiger partial charge on any atom is 0.137 e. The third kappa shape index (κ3) is 2.53. The maximum atomic E-state index is 8.97. The number of benzene rings is 1. The van der Waals surface area contributed by atoms with E-state index in [1.807, 2.05) is 25.1 Å². The second kappa shape index (κ2) is 5.00. The lowest BCUT2D eigenvalue weighted by Gasteiger charge is -2.12. The van der Waals surface area contributed by atoms with Gasteiger partial charge < -0.3 is 9.47 Å². The van der Waals surface area contributed by atoms with E-state index in [2.05, 4.69) is 6.07 Å². The molecule has 1 heterocycles. The summed E-state index contributed by atoms with van der Waals surface area (Å²) in [6, 6.07) is 7.78. The van der Waals surface area contributed by atoms with Crippen molar-refractivity contribution >= 4 is 0 Å². The van der Waals surface area contributed by atoms with Crippen LogP contribution in [0.5, 0.6) is 5.75 Å². The fraction of sp³-hybridized carbons (Fsp3) is 0.462. The summed E-state index contributed by atoms with van der Waals surface area (Å²) in [4.78, 5) is 0. The predicted octanol–water partition coefficient (Wildman–Crippen LogP) is 2.42. The molecule has 1 atom stereocenters. The second-order valence-electron chi connectivity index (χ2n) is 4.06. The normalized spacial score (nSPS) is 19.4. The highest BCUT2D eigenvalue weighted by atomic mass is 16.5. The van der Waals surface area contributed by atoms with E-state index < -0.39 is 0 Å². The number of nitrogens with zero attached hydrogens (tertiary/aromatic N) is 1. The van der Waals surface area contributed by atoms with Crippen molar-refractivity contribution in [1.82, 2.24) is 0 Å². The van der Waals surface area contributed by atoms with Gasteiger partial charge in [-0.05, 0) is 37.5 Å². The summed E-state index contributed by atoms with van der Waals surface area (Å²) in [5.41, 5.74) is 1.67. The van der Waals surface area contributed by atoms with Gasteiger partial charge in [-0.2, -0.15) is 5.26 Å². The molecule has 1 unspecified atom stereocenters. The first-order valence-electron chi connectivity index (χ1n) is 5.55. The van der Waals surface area contributed by atoms with Crippen molar-refractivity contribution in [1.29, 1.82) is 5.26 Å². The van der Waals surface area contributed by atoms with Crippen molar-refractivity contribution in [2.45, 2.75) is 25.9 Å². The van der Waals surface area contributed by atoms with Gasteiger partial charge in [0.2, 0.25) is 0 Å². The van der Waals surface area contributed by atoms with Crippen molar-refractivity contribution in [2.24, 2.45) is 0 Å². The molecule has 3 nitrogen and oxygen atoms in total. The summed E-state index contributed by atoms with van der Waals surface area (Å²) >= 11 is 0. The third-order valence-corrected chi connectivity index (χ3v) is 2.70. The van der Waals surface area contributed by atoms with Crippen molar-refractivity contribution in [3.8, 4) is 11.8 Å². The number of ether oxygens (including phenoxy) is 2. The van der Waals surface area contributed by atoms with E-state index >= 15 is 0 Å². The highest BCUT2D eigenvalue weighted by Crippen LogP contribution is 2.20. The molecule has 84 valence electrons. The van der Waals surface area contributed by atoms with Crippen LogP contribution >= 0.6 is 0 Å². The Kier molecular flexibility index (Phi) is 3.43. The number of aryl methyl sites for hydroxylation is 1. The Morgan fingerprint density at radius 2 is 2.44 bits per heavy atom. The Balaban J connectivity index is 2.00. The largest absolute Gasteiger partial charge is 0.489 e. The standard InChI is InChI=1S/C13H15NO2/c1-10-4-5-13(11(7-10)8-14)16-9-12-3-2-6-15-12/h4-5,7,12H,2-3,6,9H2,1H3. The van der Waals surface area contributed by atoms with Crippen molar-refractivity contribution < 1.29 is 9.47 Å². The highest BCUT2D eigenvalue weighted by molar-refractivity contribution is 5.45. The summed E-state index contributed by atoms with van der Waals surface area (Å²) in [7, 11) is 0. The summed E-state index contributed by atoms with van der Waals surface area (Å²) in [5.74, 6) is 0.656. The van der Waals surface area contributed by atoms with E-state index in [0.29, 0.717) is 17.9 Å². The minimum Gasteiger partial charge on any atom is -0.489 e. The van der Waals surface area contributed by atoms with E-state index in [9.17, 15) is 0 Å². The third-order valence-electron chi connectivity index (χ3n) is 2.70. The summed E-state index contributed by atoms with van der Waals surface area (Å²) < 4.78 is 11.1. The molecule has 3 heteroatoms. The number of hydrogen-bond acceptors (Lipinski definition) is 3. The van der Waals surface area contributed by atoms with Gasteiger partial charge in [-0.15, -0.1) is 0 Å². The Labute approximate surface area is 95.6 Å². The van der Waals surface area contributed by atoms with E-state index in [1.165, 1.54) is 0 Å². The van der Waals surface area contributed by atoms with E-state index in [-0.39, 0.29) is 6.10 Å². The summed E-state index contributed by atoms with van der Waals surface area (Å²) in [6.07, 6.45) is 2.34. The fourth-order valence-corrected chi connectivity index (χ4v) is 1.82. The molecule has 0 aliphatic carbocycles. The summed E-state index contributed by atoms with van der Waals surface area (Å²) in [6.45, 7) is 3.33. The monoisotopic (exact) mass is 217 g/mol. The molecule has 0 bridgehead atoms. The van der Waals surface area contributed by atoms with Crippen LogP contribution < -0.4 is 4.74 Å². The van der Waals surface area contributed by atoms with Crippen LogP contribution in [0, 0.1) is 18.3 Å².